The summed E-state index contributed by atoms with van der Waals surface area (Å²) >= 11 is 2.05. The second-order valence-corrected chi connectivity index (χ2v) is 2.91. The van der Waals surface area contributed by atoms with Crippen molar-refractivity contribution < 1.29 is 12.4 Å². The van der Waals surface area contributed by atoms with Crippen molar-refractivity contribution in [1.82, 2.24) is 0 Å². The van der Waals surface area contributed by atoms with Crippen LogP contribution in [-0.4, -0.2) is 21.7 Å². The van der Waals surface area contributed by atoms with E-state index in [1.54, 1.807) is 0 Å². The normalized spacial score (nSPS) is 12.7. The van der Waals surface area contributed by atoms with Crippen LogP contribution >= 0.6 is 0 Å². The molecule has 0 amide bonds. The summed E-state index contributed by atoms with van der Waals surface area (Å²) in [5.74, 6) is 0. The van der Waals surface area contributed by atoms with Gasteiger partial charge >= 0.3 is 46.0 Å². The Hall–Kier alpha value is 1.06. The molecule has 0 nitrogen and oxygen atoms in total. The second kappa shape index (κ2) is 6.06. The molecule has 0 N–H and O–H groups in total. The van der Waals surface area contributed by atoms with Gasteiger partial charge in [0.05, 0.1) is 0 Å². The van der Waals surface area contributed by atoms with Gasteiger partial charge in [-0.15, -0.1) is 0 Å². The third-order valence-electron chi connectivity index (χ3n) is 0.697. The van der Waals surface area contributed by atoms with Gasteiger partial charge in [-0.3, -0.25) is 0 Å². The number of hydrogen-bond donors (Lipinski definition) is 0. The minimum absolute atomic E-state index is 0. The molecular formula is C4H9ClMg. The third kappa shape index (κ3) is 8.91. The van der Waals surface area contributed by atoms with Gasteiger partial charge in [-0.05, 0) is 0 Å². The van der Waals surface area contributed by atoms with E-state index in [0.29, 0.717) is 0 Å². The number of rotatable bonds is 1. The minimum atomic E-state index is 0. The van der Waals surface area contributed by atoms with Crippen molar-refractivity contribution in [3.8, 4) is 0 Å². The van der Waals surface area contributed by atoms with E-state index in [-0.39, 0.29) is 12.4 Å². The van der Waals surface area contributed by atoms with Crippen molar-refractivity contribution in [2.24, 2.45) is 0 Å². The summed E-state index contributed by atoms with van der Waals surface area (Å²) in [5.41, 5.74) is 0. The van der Waals surface area contributed by atoms with E-state index in [2.05, 4.69) is 35.6 Å². The number of hydrogen-bond acceptors (Lipinski definition) is 0. The van der Waals surface area contributed by atoms with Gasteiger partial charge in [-0.2, -0.15) is 0 Å². The smallest absolute Gasteiger partial charge is 1.00 e. The molecule has 6 heavy (non-hydrogen) atoms. The van der Waals surface area contributed by atoms with Crippen LogP contribution in [0.4, 0.5) is 0 Å². The van der Waals surface area contributed by atoms with Crippen molar-refractivity contribution >= 4 is 21.7 Å². The first kappa shape index (κ1) is 10.1. The monoisotopic (exact) mass is 116 g/mol. The zero-order chi connectivity index (χ0) is 4.28. The Labute approximate surface area is 58.5 Å². The predicted molar refractivity (Wildman–Crippen MR) is 25.5 cm³/mol. The first-order valence-electron chi connectivity index (χ1n) is 2.10. The molecule has 1 unspecified atom stereocenters. The predicted octanol–water partition coefficient (Wildman–Crippen LogP) is -1.62. The van der Waals surface area contributed by atoms with Gasteiger partial charge in [0.25, 0.3) is 0 Å². The summed E-state index contributed by atoms with van der Waals surface area (Å²) < 4.78 is 0.912. The average Bonchev–Trinajstić information content (AvgIpc) is 1.38. The van der Waals surface area contributed by atoms with Crippen LogP contribution < -0.4 is 12.4 Å². The van der Waals surface area contributed by atoms with Crippen molar-refractivity contribution in [3.63, 3.8) is 0 Å². The molecule has 0 aliphatic carbocycles. The Balaban J connectivity index is 0. The molecule has 2 heteroatoms. The maximum atomic E-state index is 2.23. The fourth-order valence-electron chi connectivity index (χ4n) is 0. The molecule has 0 aliphatic heterocycles. The molecule has 0 aliphatic rings. The molecular weight excluding hydrogens is 108 g/mol. The maximum Gasteiger partial charge on any atom is -1.00 e. The molecule has 0 aromatic carbocycles. The van der Waals surface area contributed by atoms with E-state index in [4.69, 9.17) is 0 Å². The van der Waals surface area contributed by atoms with E-state index < -0.39 is 0 Å². The molecule has 0 rings (SSSR count). The third-order valence-corrected chi connectivity index (χ3v) is 1.27. The van der Waals surface area contributed by atoms with Gasteiger partial charge in [0.2, 0.25) is 0 Å². The van der Waals surface area contributed by atoms with Gasteiger partial charge in [-0.1, -0.05) is 0 Å². The Morgan fingerprint density at radius 2 is 1.83 bits per heavy atom. The van der Waals surface area contributed by atoms with E-state index in [0.717, 1.165) is 4.05 Å². The first-order chi connectivity index (χ1) is 2.27. The van der Waals surface area contributed by atoms with Gasteiger partial charge in [0, 0.05) is 0 Å². The van der Waals surface area contributed by atoms with Gasteiger partial charge in [-0.25, -0.2) is 0 Å². The van der Waals surface area contributed by atoms with Crippen molar-refractivity contribution in [1.29, 1.82) is 0 Å². The summed E-state index contributed by atoms with van der Waals surface area (Å²) in [6.07, 6.45) is 1.32. The van der Waals surface area contributed by atoms with Gasteiger partial charge in [0.15, 0.2) is 0 Å². The summed E-state index contributed by atoms with van der Waals surface area (Å²) in [4.78, 5) is 0. The molecule has 0 spiro atoms. The Morgan fingerprint density at radius 1 is 1.67 bits per heavy atom. The topological polar surface area (TPSA) is 0 Å². The standard InChI is InChI=1S/C4H9.ClH.Mg/c1-3-4-2;;/h3H,4H2,1-2H3;1H;/q;;+1/p-1. The zero-order valence-electron chi connectivity index (χ0n) is 4.37. The van der Waals surface area contributed by atoms with Crippen LogP contribution in [0.5, 0.6) is 0 Å². The summed E-state index contributed by atoms with van der Waals surface area (Å²) in [7, 11) is 0. The maximum absolute atomic E-state index is 2.23. The fraction of sp³-hybridized carbons (Fsp3) is 1.00. The molecule has 0 aromatic heterocycles. The van der Waals surface area contributed by atoms with E-state index in [1.807, 2.05) is 0 Å². The minimum Gasteiger partial charge on any atom is -1.00 e. The van der Waals surface area contributed by atoms with Crippen LogP contribution in [0, 0.1) is 0 Å². The van der Waals surface area contributed by atoms with Crippen LogP contribution in [-0.2, 0) is 0 Å². The second-order valence-electron chi connectivity index (χ2n) is 1.51. The summed E-state index contributed by atoms with van der Waals surface area (Å²) in [6.45, 7) is 4.44. The Bertz CT molecular complexity index is 21.5. The molecule has 1 atom stereocenters. The molecule has 34 valence electrons. The largest absolute Gasteiger partial charge is 1.00 e. The van der Waals surface area contributed by atoms with Crippen molar-refractivity contribution in [2.75, 3.05) is 0 Å². The summed E-state index contributed by atoms with van der Waals surface area (Å²) in [5, 5.41) is 0. The van der Waals surface area contributed by atoms with E-state index in [1.165, 1.54) is 6.42 Å². The molecule has 0 radical (unpaired) electrons. The van der Waals surface area contributed by atoms with Gasteiger partial charge in [0.1, 0.15) is 0 Å². The molecule has 0 bridgehead atoms. The van der Waals surface area contributed by atoms with Crippen LogP contribution in [0.15, 0.2) is 0 Å². The summed E-state index contributed by atoms with van der Waals surface area (Å²) in [6, 6.07) is 0. The molecule has 0 aromatic rings. The van der Waals surface area contributed by atoms with Crippen molar-refractivity contribution in [3.05, 3.63) is 0 Å². The molecule has 0 saturated heterocycles. The van der Waals surface area contributed by atoms with Crippen LogP contribution in [0.25, 0.3) is 0 Å². The van der Waals surface area contributed by atoms with Crippen LogP contribution in [0.2, 0.25) is 4.05 Å². The van der Waals surface area contributed by atoms with Crippen molar-refractivity contribution in [2.45, 2.75) is 24.3 Å². The fourth-order valence-corrected chi connectivity index (χ4v) is 0. The Morgan fingerprint density at radius 3 is 1.83 bits per heavy atom. The molecule has 0 heterocycles. The zero-order valence-corrected chi connectivity index (χ0v) is 6.54. The van der Waals surface area contributed by atoms with Crippen LogP contribution in [0.1, 0.15) is 20.3 Å². The quantitative estimate of drug-likeness (QED) is 0.362. The van der Waals surface area contributed by atoms with Gasteiger partial charge < -0.3 is 12.4 Å². The molecule has 0 fully saturated rings. The van der Waals surface area contributed by atoms with Crippen LogP contribution in [0.3, 0.4) is 0 Å². The Kier molecular flexibility index (Phi) is 10.2. The number of halogens is 1. The SMILES string of the molecule is CC[CH](C)[Mg+].[Cl-]. The molecule has 0 saturated carbocycles. The van der Waals surface area contributed by atoms with E-state index >= 15 is 0 Å². The van der Waals surface area contributed by atoms with E-state index in [9.17, 15) is 0 Å². The average molecular weight is 117 g/mol. The first-order valence-corrected chi connectivity index (χ1v) is 2.92.